The number of rotatable bonds is 7. The molecule has 0 aliphatic carbocycles. The maximum Gasteiger partial charge on any atom is 0.163 e. The number of fused-ring (bicyclic) bond motifs is 1. The first-order chi connectivity index (χ1) is 13.6. The summed E-state index contributed by atoms with van der Waals surface area (Å²) in [4.78, 5) is 11.5. The average molecular weight is 378 g/mol. The molecular weight excluding hydrogens is 356 g/mol. The van der Waals surface area contributed by atoms with Crippen LogP contribution in [0.1, 0.15) is 5.69 Å². The van der Waals surface area contributed by atoms with E-state index in [1.54, 1.807) is 13.4 Å². The molecular formula is C20H22N6O2. The van der Waals surface area contributed by atoms with E-state index in [-0.39, 0.29) is 0 Å². The van der Waals surface area contributed by atoms with Crippen molar-refractivity contribution < 1.29 is 9.15 Å². The van der Waals surface area contributed by atoms with Gasteiger partial charge in [-0.25, -0.2) is 9.97 Å². The number of hydrogen-bond acceptors (Lipinski definition) is 7. The van der Waals surface area contributed by atoms with Gasteiger partial charge >= 0.3 is 0 Å². The maximum atomic E-state index is 5.43. The van der Waals surface area contributed by atoms with Gasteiger partial charge in [-0.15, -0.1) is 0 Å². The lowest BCUT2D eigenvalue weighted by Crippen LogP contribution is -2.23. The predicted octanol–water partition coefficient (Wildman–Crippen LogP) is 3.75. The van der Waals surface area contributed by atoms with Gasteiger partial charge in [-0.05, 0) is 31.2 Å². The van der Waals surface area contributed by atoms with Crippen molar-refractivity contribution in [3.8, 4) is 11.4 Å². The second-order valence-corrected chi connectivity index (χ2v) is 6.58. The standard InChI is InChI=1S/C20H22N6O2/c1-13-10-18(25-24-13)21-17-12-19(26(2)7-9-27-3)23-20(22-17)15-4-5-16-14(11-15)6-8-28-16/h4-6,8,10-12H,7,9H2,1-3H3,(H2,21,22,23,24,25). The molecule has 0 aliphatic rings. The smallest absolute Gasteiger partial charge is 0.163 e. The topological polar surface area (TPSA) is 92.1 Å². The predicted molar refractivity (Wildman–Crippen MR) is 109 cm³/mol. The number of hydrogen-bond donors (Lipinski definition) is 2. The van der Waals surface area contributed by atoms with Crippen molar-refractivity contribution in [2.75, 3.05) is 37.5 Å². The Morgan fingerprint density at radius 2 is 2.04 bits per heavy atom. The van der Waals surface area contributed by atoms with E-state index < -0.39 is 0 Å². The van der Waals surface area contributed by atoms with E-state index in [2.05, 4.69) is 15.5 Å². The number of ether oxygens (including phenoxy) is 1. The summed E-state index contributed by atoms with van der Waals surface area (Å²) in [6.45, 7) is 3.28. The zero-order valence-electron chi connectivity index (χ0n) is 16.1. The minimum Gasteiger partial charge on any atom is -0.464 e. The number of aromatic nitrogens is 4. The van der Waals surface area contributed by atoms with Crippen LogP contribution in [-0.2, 0) is 4.74 Å². The van der Waals surface area contributed by atoms with Gasteiger partial charge in [-0.3, -0.25) is 5.10 Å². The van der Waals surface area contributed by atoms with Crippen LogP contribution in [0.4, 0.5) is 17.5 Å². The third-order valence-corrected chi connectivity index (χ3v) is 4.41. The lowest BCUT2D eigenvalue weighted by atomic mass is 10.1. The number of methoxy groups -OCH3 is 1. The average Bonchev–Trinajstić information content (AvgIpc) is 3.33. The SMILES string of the molecule is COCCN(C)c1cc(Nc2cc(C)[nH]n2)nc(-c2ccc3occc3c2)n1. The van der Waals surface area contributed by atoms with Gasteiger partial charge in [-0.2, -0.15) is 5.10 Å². The molecule has 0 unspecified atom stereocenters. The Hall–Kier alpha value is -3.39. The number of likely N-dealkylation sites (N-methyl/N-ethyl adjacent to an activating group) is 1. The highest BCUT2D eigenvalue weighted by molar-refractivity contribution is 5.82. The number of aryl methyl sites for hydroxylation is 1. The van der Waals surface area contributed by atoms with Gasteiger partial charge in [0.05, 0.1) is 12.9 Å². The Morgan fingerprint density at radius 3 is 2.82 bits per heavy atom. The second-order valence-electron chi connectivity index (χ2n) is 6.58. The first-order valence-electron chi connectivity index (χ1n) is 8.98. The summed E-state index contributed by atoms with van der Waals surface area (Å²) >= 11 is 0. The van der Waals surface area contributed by atoms with Gasteiger partial charge in [-0.1, -0.05) is 0 Å². The Labute approximate surface area is 162 Å². The number of furan rings is 1. The van der Waals surface area contributed by atoms with E-state index in [0.29, 0.717) is 30.6 Å². The van der Waals surface area contributed by atoms with E-state index in [0.717, 1.165) is 28.0 Å². The van der Waals surface area contributed by atoms with Crippen molar-refractivity contribution in [3.05, 3.63) is 48.4 Å². The number of nitrogens with one attached hydrogen (secondary N) is 2. The summed E-state index contributed by atoms with van der Waals surface area (Å²) in [5.74, 6) is 2.80. The number of aromatic amines is 1. The molecule has 0 amide bonds. The molecule has 8 heteroatoms. The van der Waals surface area contributed by atoms with E-state index in [1.807, 2.05) is 55.3 Å². The molecule has 4 rings (SSSR count). The summed E-state index contributed by atoms with van der Waals surface area (Å²) in [7, 11) is 3.67. The number of benzene rings is 1. The van der Waals surface area contributed by atoms with E-state index >= 15 is 0 Å². The molecule has 0 radical (unpaired) electrons. The van der Waals surface area contributed by atoms with Crippen molar-refractivity contribution in [2.45, 2.75) is 6.92 Å². The fourth-order valence-corrected chi connectivity index (χ4v) is 2.88. The minimum absolute atomic E-state index is 0.609. The highest BCUT2D eigenvalue weighted by atomic mass is 16.5. The van der Waals surface area contributed by atoms with Gasteiger partial charge in [0.1, 0.15) is 17.2 Å². The van der Waals surface area contributed by atoms with Crippen molar-refractivity contribution >= 4 is 28.4 Å². The van der Waals surface area contributed by atoms with Gasteiger partial charge in [0.15, 0.2) is 11.6 Å². The number of anilines is 3. The molecule has 0 aliphatic heterocycles. The zero-order chi connectivity index (χ0) is 19.5. The zero-order valence-corrected chi connectivity index (χ0v) is 16.1. The first kappa shape index (κ1) is 18.0. The highest BCUT2D eigenvalue weighted by Crippen LogP contribution is 2.27. The van der Waals surface area contributed by atoms with Crippen LogP contribution in [0.15, 0.2) is 47.1 Å². The van der Waals surface area contributed by atoms with Crippen molar-refractivity contribution in [1.29, 1.82) is 0 Å². The minimum atomic E-state index is 0.609. The molecule has 0 saturated carbocycles. The molecule has 0 fully saturated rings. The monoisotopic (exact) mass is 378 g/mol. The first-order valence-corrected chi connectivity index (χ1v) is 8.98. The lowest BCUT2D eigenvalue weighted by molar-refractivity contribution is 0.206. The van der Waals surface area contributed by atoms with E-state index in [4.69, 9.17) is 19.1 Å². The molecule has 28 heavy (non-hydrogen) atoms. The van der Waals surface area contributed by atoms with Crippen LogP contribution in [0.3, 0.4) is 0 Å². The normalized spacial score (nSPS) is 11.1. The quantitative estimate of drug-likeness (QED) is 0.506. The van der Waals surface area contributed by atoms with Gasteiger partial charge in [0.25, 0.3) is 0 Å². The molecule has 2 N–H and O–H groups in total. The van der Waals surface area contributed by atoms with Crippen LogP contribution in [0, 0.1) is 6.92 Å². The van der Waals surface area contributed by atoms with Gasteiger partial charge < -0.3 is 19.4 Å². The molecule has 0 spiro atoms. The molecule has 0 atom stereocenters. The Bertz CT molecular complexity index is 1090. The maximum absolute atomic E-state index is 5.43. The van der Waals surface area contributed by atoms with E-state index in [9.17, 15) is 0 Å². The molecule has 8 nitrogen and oxygen atoms in total. The third kappa shape index (κ3) is 3.81. The third-order valence-electron chi connectivity index (χ3n) is 4.41. The van der Waals surface area contributed by atoms with Crippen LogP contribution in [0.5, 0.6) is 0 Å². The Kier molecular flexibility index (Phi) is 4.94. The van der Waals surface area contributed by atoms with E-state index in [1.165, 1.54) is 0 Å². The van der Waals surface area contributed by atoms with Crippen molar-refractivity contribution in [2.24, 2.45) is 0 Å². The number of H-pyrrole nitrogens is 1. The van der Waals surface area contributed by atoms with Crippen LogP contribution >= 0.6 is 0 Å². The fraction of sp³-hybridized carbons (Fsp3) is 0.250. The summed E-state index contributed by atoms with van der Waals surface area (Å²) < 4.78 is 10.6. The Balaban J connectivity index is 1.73. The number of nitrogens with zero attached hydrogens (tertiary/aromatic N) is 4. The molecule has 4 aromatic rings. The molecule has 0 bridgehead atoms. The van der Waals surface area contributed by atoms with Crippen LogP contribution in [-0.4, -0.2) is 47.5 Å². The molecule has 144 valence electrons. The summed E-state index contributed by atoms with van der Waals surface area (Å²) in [5, 5.41) is 11.4. The van der Waals surface area contributed by atoms with Crippen LogP contribution in [0.25, 0.3) is 22.4 Å². The largest absolute Gasteiger partial charge is 0.464 e. The Morgan fingerprint density at radius 1 is 1.14 bits per heavy atom. The summed E-state index contributed by atoms with van der Waals surface area (Å²) in [6, 6.07) is 11.7. The van der Waals surface area contributed by atoms with Gasteiger partial charge in [0, 0.05) is 49.5 Å². The molecule has 3 heterocycles. The van der Waals surface area contributed by atoms with Crippen molar-refractivity contribution in [3.63, 3.8) is 0 Å². The van der Waals surface area contributed by atoms with Crippen molar-refractivity contribution in [1.82, 2.24) is 20.2 Å². The molecule has 3 aromatic heterocycles. The molecule has 0 saturated heterocycles. The summed E-state index contributed by atoms with van der Waals surface area (Å²) in [5.41, 5.74) is 2.72. The summed E-state index contributed by atoms with van der Waals surface area (Å²) in [6.07, 6.45) is 1.68. The van der Waals surface area contributed by atoms with Gasteiger partial charge in [0.2, 0.25) is 0 Å². The van der Waals surface area contributed by atoms with Crippen LogP contribution in [0.2, 0.25) is 0 Å². The molecule has 1 aromatic carbocycles. The second kappa shape index (κ2) is 7.69. The highest BCUT2D eigenvalue weighted by Gasteiger charge is 2.12. The lowest BCUT2D eigenvalue weighted by Gasteiger charge is -2.19. The van der Waals surface area contributed by atoms with Crippen LogP contribution < -0.4 is 10.2 Å². The fourth-order valence-electron chi connectivity index (χ4n) is 2.88.